The van der Waals surface area contributed by atoms with Gasteiger partial charge in [0.15, 0.2) is 0 Å². The first-order valence-electron chi connectivity index (χ1n) is 7.57. The number of hydrogen-bond acceptors (Lipinski definition) is 3. The maximum absolute atomic E-state index is 4.74. The highest BCUT2D eigenvalue weighted by molar-refractivity contribution is 5.41. The molecule has 0 spiro atoms. The van der Waals surface area contributed by atoms with Gasteiger partial charge in [-0.15, -0.1) is 0 Å². The van der Waals surface area contributed by atoms with E-state index in [0.717, 1.165) is 31.1 Å². The Labute approximate surface area is 124 Å². The Bertz CT molecular complexity index is 419. The third-order valence-electron chi connectivity index (χ3n) is 3.15. The Balaban J connectivity index is 2.67. The van der Waals surface area contributed by atoms with Crippen molar-refractivity contribution in [1.82, 2.24) is 10.3 Å². The van der Waals surface area contributed by atoms with Crippen LogP contribution in [0.15, 0.2) is 12.1 Å². The summed E-state index contributed by atoms with van der Waals surface area (Å²) in [6.07, 6.45) is 0. The number of hydrogen-bond donors (Lipinski definition) is 1. The lowest BCUT2D eigenvalue weighted by atomic mass is 9.96. The normalized spacial score (nSPS) is 12.0. The minimum Gasteiger partial charge on any atom is -0.359 e. The lowest BCUT2D eigenvalue weighted by Gasteiger charge is -2.27. The molecule has 1 aromatic rings. The number of nitrogens with one attached hydrogen (secondary N) is 1. The summed E-state index contributed by atoms with van der Waals surface area (Å²) in [4.78, 5) is 6.98. The first-order chi connectivity index (χ1) is 9.19. The van der Waals surface area contributed by atoms with Gasteiger partial charge >= 0.3 is 0 Å². The van der Waals surface area contributed by atoms with Crippen molar-refractivity contribution in [2.24, 2.45) is 11.3 Å². The van der Waals surface area contributed by atoms with Gasteiger partial charge in [0.05, 0.1) is 0 Å². The molecule has 0 aromatic carbocycles. The van der Waals surface area contributed by atoms with Crippen LogP contribution in [0, 0.1) is 18.3 Å². The molecule has 3 heteroatoms. The van der Waals surface area contributed by atoms with E-state index in [1.807, 2.05) is 0 Å². The fraction of sp³-hybridized carbons (Fsp3) is 0.706. The van der Waals surface area contributed by atoms with Crippen molar-refractivity contribution < 1.29 is 0 Å². The zero-order valence-corrected chi connectivity index (χ0v) is 14.2. The van der Waals surface area contributed by atoms with Gasteiger partial charge in [0.25, 0.3) is 0 Å². The molecule has 0 saturated carbocycles. The second-order valence-electron chi connectivity index (χ2n) is 7.36. The van der Waals surface area contributed by atoms with Gasteiger partial charge in [0.1, 0.15) is 5.82 Å². The molecule has 0 saturated heterocycles. The SMILES string of the molecule is Cc1nc(N(C)CC(C)(C)C)ccc1CNCC(C)C. The summed E-state index contributed by atoms with van der Waals surface area (Å²) in [5, 5.41) is 3.48. The van der Waals surface area contributed by atoms with Gasteiger partial charge in [0.2, 0.25) is 0 Å². The zero-order valence-electron chi connectivity index (χ0n) is 14.2. The molecule has 0 aliphatic heterocycles. The predicted octanol–water partition coefficient (Wildman–Crippen LogP) is 3.62. The van der Waals surface area contributed by atoms with Gasteiger partial charge in [-0.3, -0.25) is 0 Å². The monoisotopic (exact) mass is 277 g/mol. The first kappa shape index (κ1) is 17.0. The molecule has 1 aromatic heterocycles. The first-order valence-corrected chi connectivity index (χ1v) is 7.57. The molecule has 1 heterocycles. The van der Waals surface area contributed by atoms with Gasteiger partial charge < -0.3 is 10.2 Å². The van der Waals surface area contributed by atoms with Crippen molar-refractivity contribution in [3.05, 3.63) is 23.4 Å². The second kappa shape index (κ2) is 7.07. The van der Waals surface area contributed by atoms with Gasteiger partial charge in [-0.05, 0) is 36.4 Å². The van der Waals surface area contributed by atoms with Crippen LogP contribution in [0.1, 0.15) is 45.9 Å². The zero-order chi connectivity index (χ0) is 15.3. The van der Waals surface area contributed by atoms with Crippen molar-refractivity contribution in [2.45, 2.75) is 48.1 Å². The average Bonchev–Trinajstić information content (AvgIpc) is 2.28. The number of anilines is 1. The smallest absolute Gasteiger partial charge is 0.128 e. The van der Waals surface area contributed by atoms with E-state index in [0.29, 0.717) is 5.92 Å². The van der Waals surface area contributed by atoms with Crippen LogP contribution >= 0.6 is 0 Å². The molecule has 0 atom stereocenters. The summed E-state index contributed by atoms with van der Waals surface area (Å²) >= 11 is 0. The summed E-state index contributed by atoms with van der Waals surface area (Å²) in [6.45, 7) is 16.3. The molecule has 1 N–H and O–H groups in total. The van der Waals surface area contributed by atoms with Crippen molar-refractivity contribution in [1.29, 1.82) is 0 Å². The van der Waals surface area contributed by atoms with E-state index in [-0.39, 0.29) is 5.41 Å². The summed E-state index contributed by atoms with van der Waals surface area (Å²) in [5.41, 5.74) is 2.69. The Hall–Kier alpha value is -1.09. The van der Waals surface area contributed by atoms with Gasteiger partial charge in [0, 0.05) is 25.8 Å². The largest absolute Gasteiger partial charge is 0.359 e. The molecule has 0 fully saturated rings. The molecule has 114 valence electrons. The third kappa shape index (κ3) is 5.91. The van der Waals surface area contributed by atoms with E-state index < -0.39 is 0 Å². The van der Waals surface area contributed by atoms with Crippen LogP contribution in [0.3, 0.4) is 0 Å². The number of pyridine rings is 1. The fourth-order valence-corrected chi connectivity index (χ4v) is 2.26. The molecule has 3 nitrogen and oxygen atoms in total. The fourth-order valence-electron chi connectivity index (χ4n) is 2.26. The van der Waals surface area contributed by atoms with Crippen LogP contribution in [0.5, 0.6) is 0 Å². The van der Waals surface area contributed by atoms with Gasteiger partial charge in [-0.2, -0.15) is 0 Å². The maximum atomic E-state index is 4.74. The topological polar surface area (TPSA) is 28.2 Å². The van der Waals surface area contributed by atoms with Crippen LogP contribution in [-0.4, -0.2) is 25.1 Å². The summed E-state index contributed by atoms with van der Waals surface area (Å²) in [6, 6.07) is 4.33. The van der Waals surface area contributed by atoms with Crippen molar-refractivity contribution >= 4 is 5.82 Å². The van der Waals surface area contributed by atoms with Gasteiger partial charge in [-0.25, -0.2) is 4.98 Å². The number of rotatable bonds is 6. The van der Waals surface area contributed by atoms with Crippen LogP contribution < -0.4 is 10.2 Å². The average molecular weight is 277 g/mol. The van der Waals surface area contributed by atoms with Crippen molar-refractivity contribution in [2.75, 3.05) is 25.0 Å². The van der Waals surface area contributed by atoms with E-state index in [2.05, 4.69) is 70.9 Å². The summed E-state index contributed by atoms with van der Waals surface area (Å²) < 4.78 is 0. The van der Waals surface area contributed by atoms with E-state index in [4.69, 9.17) is 4.98 Å². The lowest BCUT2D eigenvalue weighted by Crippen LogP contribution is -2.30. The van der Waals surface area contributed by atoms with E-state index in [1.54, 1.807) is 0 Å². The number of nitrogens with zero attached hydrogens (tertiary/aromatic N) is 2. The Morgan fingerprint density at radius 1 is 1.25 bits per heavy atom. The minimum absolute atomic E-state index is 0.280. The van der Waals surface area contributed by atoms with E-state index in [1.165, 1.54) is 5.56 Å². The quantitative estimate of drug-likeness (QED) is 0.861. The molecule has 0 radical (unpaired) electrons. The molecule has 0 aliphatic carbocycles. The lowest BCUT2D eigenvalue weighted by molar-refractivity contribution is 0.417. The molecule has 0 amide bonds. The Morgan fingerprint density at radius 2 is 1.90 bits per heavy atom. The molecule has 0 unspecified atom stereocenters. The molecule has 1 rings (SSSR count). The molecule has 0 aliphatic rings. The maximum Gasteiger partial charge on any atom is 0.128 e. The molecule has 0 bridgehead atoms. The summed E-state index contributed by atoms with van der Waals surface area (Å²) in [7, 11) is 2.11. The molecule has 20 heavy (non-hydrogen) atoms. The number of aryl methyl sites for hydroxylation is 1. The Morgan fingerprint density at radius 3 is 2.40 bits per heavy atom. The summed E-state index contributed by atoms with van der Waals surface area (Å²) in [5.74, 6) is 1.74. The molecular weight excluding hydrogens is 246 g/mol. The van der Waals surface area contributed by atoms with Crippen LogP contribution in [0.4, 0.5) is 5.82 Å². The highest BCUT2D eigenvalue weighted by Gasteiger charge is 2.15. The Kier molecular flexibility index (Phi) is 6.00. The standard InChI is InChI=1S/C17H31N3/c1-13(2)10-18-11-15-8-9-16(19-14(15)3)20(7)12-17(4,5)6/h8-9,13,18H,10-12H2,1-7H3. The highest BCUT2D eigenvalue weighted by atomic mass is 15.2. The van der Waals surface area contributed by atoms with Crippen LogP contribution in [-0.2, 0) is 6.54 Å². The predicted molar refractivity (Wildman–Crippen MR) is 88.2 cm³/mol. The third-order valence-corrected chi connectivity index (χ3v) is 3.15. The highest BCUT2D eigenvalue weighted by Crippen LogP contribution is 2.20. The van der Waals surface area contributed by atoms with E-state index in [9.17, 15) is 0 Å². The number of aromatic nitrogens is 1. The van der Waals surface area contributed by atoms with Crippen LogP contribution in [0.25, 0.3) is 0 Å². The molecular formula is C17H31N3. The minimum atomic E-state index is 0.280. The van der Waals surface area contributed by atoms with Gasteiger partial charge in [-0.1, -0.05) is 40.7 Å². The van der Waals surface area contributed by atoms with Crippen molar-refractivity contribution in [3.63, 3.8) is 0 Å². The van der Waals surface area contributed by atoms with Crippen LogP contribution in [0.2, 0.25) is 0 Å². The van der Waals surface area contributed by atoms with E-state index >= 15 is 0 Å². The second-order valence-corrected chi connectivity index (χ2v) is 7.36. The van der Waals surface area contributed by atoms with Crippen molar-refractivity contribution in [3.8, 4) is 0 Å².